The van der Waals surface area contributed by atoms with Crippen LogP contribution < -0.4 is 21.3 Å². The zero-order valence-electron chi connectivity index (χ0n) is 17.4. The van der Waals surface area contributed by atoms with Crippen molar-refractivity contribution in [2.24, 2.45) is 11.8 Å². The number of rotatable bonds is 10. The minimum absolute atomic E-state index is 0.177. The molecule has 3 amide bonds. The molecule has 0 aromatic rings. The van der Waals surface area contributed by atoms with Crippen LogP contribution in [-0.4, -0.2) is 59.5 Å². The molecule has 5 N–H and O–H groups in total. The lowest BCUT2D eigenvalue weighted by molar-refractivity contribution is -0.142. The summed E-state index contributed by atoms with van der Waals surface area (Å²) in [5.74, 6) is -2.77. The first kappa shape index (κ1) is 23.9. The average Bonchev–Trinajstić information content (AvgIpc) is 3.17. The summed E-state index contributed by atoms with van der Waals surface area (Å²) in [6.07, 6.45) is 2.25. The number of carbonyl (C=O) groups is 4. The standard InChI is InChI=1S/C19H34N4O5/c1-6-11(4)15(18(26)21-12(5)19(27)28)23-17(25)14(10(2)3)22-16(24)13-8-7-9-20-13/h10-15,20H,6-9H2,1-5H3,(H,21,26)(H,22,24)(H,23,25)(H,27,28). The van der Waals surface area contributed by atoms with Crippen LogP contribution in [0.1, 0.15) is 53.9 Å². The van der Waals surface area contributed by atoms with Crippen molar-refractivity contribution in [2.75, 3.05) is 6.54 Å². The Labute approximate surface area is 166 Å². The van der Waals surface area contributed by atoms with Gasteiger partial charge in [0.2, 0.25) is 17.7 Å². The van der Waals surface area contributed by atoms with Crippen LogP contribution in [0.4, 0.5) is 0 Å². The zero-order chi connectivity index (χ0) is 21.4. The van der Waals surface area contributed by atoms with E-state index in [0.29, 0.717) is 6.42 Å². The van der Waals surface area contributed by atoms with E-state index in [0.717, 1.165) is 19.4 Å². The number of aliphatic carboxylic acids is 1. The van der Waals surface area contributed by atoms with Crippen molar-refractivity contribution >= 4 is 23.7 Å². The van der Waals surface area contributed by atoms with Crippen molar-refractivity contribution < 1.29 is 24.3 Å². The van der Waals surface area contributed by atoms with Gasteiger partial charge in [0.15, 0.2) is 0 Å². The van der Waals surface area contributed by atoms with Crippen molar-refractivity contribution in [3.63, 3.8) is 0 Å². The molecule has 0 spiro atoms. The van der Waals surface area contributed by atoms with Crippen LogP contribution in [0.3, 0.4) is 0 Å². The summed E-state index contributed by atoms with van der Waals surface area (Å²) < 4.78 is 0. The molecule has 0 aliphatic carbocycles. The van der Waals surface area contributed by atoms with E-state index in [1.807, 2.05) is 20.8 Å². The fourth-order valence-corrected chi connectivity index (χ4v) is 3.01. The lowest BCUT2D eigenvalue weighted by Crippen LogP contribution is -2.59. The third-order valence-electron chi connectivity index (χ3n) is 5.15. The number of nitrogens with one attached hydrogen (secondary N) is 4. The lowest BCUT2D eigenvalue weighted by Gasteiger charge is -2.29. The number of amides is 3. The Hall–Kier alpha value is -2.16. The molecule has 0 saturated carbocycles. The van der Waals surface area contributed by atoms with Crippen molar-refractivity contribution in [3.05, 3.63) is 0 Å². The van der Waals surface area contributed by atoms with Crippen molar-refractivity contribution in [2.45, 2.75) is 78.0 Å². The van der Waals surface area contributed by atoms with Crippen LogP contribution in [0.25, 0.3) is 0 Å². The molecule has 9 nitrogen and oxygen atoms in total. The van der Waals surface area contributed by atoms with Crippen LogP contribution in [0, 0.1) is 11.8 Å². The normalized spacial score (nSPS) is 20.7. The number of carboxylic acid groups (broad SMARTS) is 1. The summed E-state index contributed by atoms with van der Waals surface area (Å²) >= 11 is 0. The number of carbonyl (C=O) groups excluding carboxylic acids is 3. The Bertz CT molecular complexity index is 575. The number of hydrogen-bond donors (Lipinski definition) is 5. The molecule has 1 aliphatic rings. The summed E-state index contributed by atoms with van der Waals surface area (Å²) in [6, 6.07) is -3.04. The topological polar surface area (TPSA) is 137 Å². The fourth-order valence-electron chi connectivity index (χ4n) is 3.01. The van der Waals surface area contributed by atoms with E-state index in [2.05, 4.69) is 21.3 Å². The van der Waals surface area contributed by atoms with E-state index in [1.165, 1.54) is 6.92 Å². The van der Waals surface area contributed by atoms with Gasteiger partial charge in [-0.15, -0.1) is 0 Å². The maximum absolute atomic E-state index is 12.8. The molecule has 28 heavy (non-hydrogen) atoms. The monoisotopic (exact) mass is 398 g/mol. The Kier molecular flexibility index (Phi) is 9.37. The van der Waals surface area contributed by atoms with Gasteiger partial charge in [0.05, 0.1) is 6.04 Å². The SMILES string of the molecule is CCC(C)C(NC(=O)C(NC(=O)C1CCCN1)C(C)C)C(=O)NC(C)C(=O)O. The smallest absolute Gasteiger partial charge is 0.325 e. The second-order valence-electron chi connectivity index (χ2n) is 7.82. The second-order valence-corrected chi connectivity index (χ2v) is 7.82. The first-order valence-electron chi connectivity index (χ1n) is 9.95. The van der Waals surface area contributed by atoms with E-state index >= 15 is 0 Å². The molecule has 0 radical (unpaired) electrons. The highest BCUT2D eigenvalue weighted by Crippen LogP contribution is 2.12. The third-order valence-corrected chi connectivity index (χ3v) is 5.15. The summed E-state index contributed by atoms with van der Waals surface area (Å²) in [6.45, 7) is 9.46. The summed E-state index contributed by atoms with van der Waals surface area (Å²) in [4.78, 5) is 48.8. The molecule has 9 heteroatoms. The average molecular weight is 399 g/mol. The van der Waals surface area contributed by atoms with Gasteiger partial charge in [0, 0.05) is 0 Å². The van der Waals surface area contributed by atoms with E-state index in [4.69, 9.17) is 5.11 Å². The number of hydrogen-bond acceptors (Lipinski definition) is 5. The molecule has 0 aromatic heterocycles. The predicted octanol–water partition coefficient (Wildman–Crippen LogP) is -0.000600. The van der Waals surface area contributed by atoms with Crippen molar-refractivity contribution in [3.8, 4) is 0 Å². The molecule has 1 fully saturated rings. The Morgan fingerprint density at radius 2 is 1.61 bits per heavy atom. The van der Waals surface area contributed by atoms with E-state index in [-0.39, 0.29) is 23.8 Å². The fraction of sp³-hybridized carbons (Fsp3) is 0.789. The first-order valence-corrected chi connectivity index (χ1v) is 9.95. The van der Waals surface area contributed by atoms with Gasteiger partial charge in [-0.25, -0.2) is 0 Å². The predicted molar refractivity (Wildman–Crippen MR) is 104 cm³/mol. The van der Waals surface area contributed by atoms with Gasteiger partial charge in [-0.2, -0.15) is 0 Å². The Balaban J connectivity index is 2.85. The van der Waals surface area contributed by atoms with Crippen molar-refractivity contribution in [1.29, 1.82) is 0 Å². The minimum atomic E-state index is -1.15. The summed E-state index contributed by atoms with van der Waals surface area (Å²) in [5, 5.41) is 20.0. The molecule has 5 unspecified atom stereocenters. The Morgan fingerprint density at radius 3 is 2.07 bits per heavy atom. The molecular weight excluding hydrogens is 364 g/mol. The highest BCUT2D eigenvalue weighted by atomic mass is 16.4. The second kappa shape index (κ2) is 11.0. The van der Waals surface area contributed by atoms with Crippen LogP contribution in [0.5, 0.6) is 0 Å². The van der Waals surface area contributed by atoms with E-state index in [9.17, 15) is 19.2 Å². The largest absolute Gasteiger partial charge is 0.480 e. The third kappa shape index (κ3) is 6.78. The molecule has 1 aliphatic heterocycles. The molecule has 160 valence electrons. The van der Waals surface area contributed by atoms with Gasteiger partial charge < -0.3 is 26.4 Å². The quantitative estimate of drug-likeness (QED) is 0.351. The molecule has 0 bridgehead atoms. The van der Waals surface area contributed by atoms with Gasteiger partial charge in [0.1, 0.15) is 18.1 Å². The van der Waals surface area contributed by atoms with Gasteiger partial charge in [0.25, 0.3) is 0 Å². The molecule has 1 saturated heterocycles. The van der Waals surface area contributed by atoms with Gasteiger partial charge in [-0.1, -0.05) is 34.1 Å². The molecule has 5 atom stereocenters. The molecular formula is C19H34N4O5. The van der Waals surface area contributed by atoms with E-state index < -0.39 is 35.9 Å². The van der Waals surface area contributed by atoms with Gasteiger partial charge >= 0.3 is 5.97 Å². The van der Waals surface area contributed by atoms with Gasteiger partial charge in [-0.05, 0) is 38.1 Å². The maximum Gasteiger partial charge on any atom is 0.325 e. The summed E-state index contributed by atoms with van der Waals surface area (Å²) in [5.41, 5.74) is 0. The van der Waals surface area contributed by atoms with Crippen LogP contribution >= 0.6 is 0 Å². The van der Waals surface area contributed by atoms with Crippen molar-refractivity contribution in [1.82, 2.24) is 21.3 Å². The molecule has 1 rings (SSSR count). The molecule has 1 heterocycles. The highest BCUT2D eigenvalue weighted by molar-refractivity contribution is 5.94. The lowest BCUT2D eigenvalue weighted by atomic mass is 9.96. The first-order chi connectivity index (χ1) is 13.1. The zero-order valence-corrected chi connectivity index (χ0v) is 17.4. The highest BCUT2D eigenvalue weighted by Gasteiger charge is 2.33. The van der Waals surface area contributed by atoms with Crippen LogP contribution in [0.15, 0.2) is 0 Å². The summed E-state index contributed by atoms with van der Waals surface area (Å²) in [7, 11) is 0. The maximum atomic E-state index is 12.8. The van der Waals surface area contributed by atoms with Crippen LogP contribution in [0.2, 0.25) is 0 Å². The minimum Gasteiger partial charge on any atom is -0.480 e. The Morgan fingerprint density at radius 1 is 1.00 bits per heavy atom. The number of carboxylic acids is 1. The van der Waals surface area contributed by atoms with Crippen LogP contribution in [-0.2, 0) is 19.2 Å². The van der Waals surface area contributed by atoms with Gasteiger partial charge in [-0.3, -0.25) is 19.2 Å². The molecule has 0 aromatic carbocycles. The van der Waals surface area contributed by atoms with E-state index in [1.54, 1.807) is 6.92 Å².